The number of hydrogen-bond acceptors (Lipinski definition) is 2. The number of nitrogens with one attached hydrogen (secondary N) is 1. The molecule has 3 heteroatoms. The molecule has 13 heavy (non-hydrogen) atoms. The van der Waals surface area contributed by atoms with Gasteiger partial charge in [0.1, 0.15) is 0 Å². The molecule has 1 heterocycles. The van der Waals surface area contributed by atoms with E-state index >= 15 is 0 Å². The van der Waals surface area contributed by atoms with Gasteiger partial charge >= 0.3 is 5.97 Å². The van der Waals surface area contributed by atoms with Gasteiger partial charge < -0.3 is 10.4 Å². The third-order valence-corrected chi connectivity index (χ3v) is 3.60. The molecule has 2 N–H and O–H groups in total. The maximum atomic E-state index is 11.0. The lowest BCUT2D eigenvalue weighted by Crippen LogP contribution is -2.45. The van der Waals surface area contributed by atoms with Crippen molar-refractivity contribution in [1.82, 2.24) is 5.32 Å². The Morgan fingerprint density at radius 3 is 2.92 bits per heavy atom. The van der Waals surface area contributed by atoms with E-state index in [1.807, 2.05) is 0 Å². The highest BCUT2D eigenvalue weighted by molar-refractivity contribution is 5.70. The molecule has 2 fully saturated rings. The van der Waals surface area contributed by atoms with Crippen LogP contribution in [0.15, 0.2) is 0 Å². The molecule has 0 aromatic rings. The van der Waals surface area contributed by atoms with Crippen LogP contribution < -0.4 is 5.32 Å². The Hall–Kier alpha value is -0.570. The van der Waals surface area contributed by atoms with Crippen LogP contribution in [0.3, 0.4) is 0 Å². The first-order chi connectivity index (χ1) is 6.29. The zero-order chi connectivity index (χ0) is 9.26. The molecule has 3 nitrogen and oxygen atoms in total. The number of hydrogen-bond donors (Lipinski definition) is 2. The fraction of sp³-hybridized carbons (Fsp3) is 0.900. The van der Waals surface area contributed by atoms with Gasteiger partial charge in [0.15, 0.2) is 0 Å². The van der Waals surface area contributed by atoms with Gasteiger partial charge in [0, 0.05) is 0 Å². The Labute approximate surface area is 78.5 Å². The van der Waals surface area contributed by atoms with Crippen molar-refractivity contribution in [1.29, 1.82) is 0 Å². The second kappa shape index (κ2) is 3.66. The standard InChI is InChI=1S/C10H17NO2/c12-10(13)8-3-1-2-7-4-5-11-6-9(7)8/h7-9,11H,1-6H2,(H,12,13)/t7?,8-,9+/m0/s1. The maximum Gasteiger partial charge on any atom is 0.306 e. The zero-order valence-electron chi connectivity index (χ0n) is 7.83. The minimum Gasteiger partial charge on any atom is -0.481 e. The fourth-order valence-electron chi connectivity index (χ4n) is 2.89. The summed E-state index contributed by atoms with van der Waals surface area (Å²) in [4.78, 5) is 11.0. The SMILES string of the molecule is O=C(O)[C@H]1CCCC2CCNC[C@H]21. The van der Waals surface area contributed by atoms with Crippen molar-refractivity contribution in [2.45, 2.75) is 25.7 Å². The van der Waals surface area contributed by atoms with Crippen LogP contribution in [0.4, 0.5) is 0 Å². The van der Waals surface area contributed by atoms with Gasteiger partial charge in [0.2, 0.25) is 0 Å². The zero-order valence-corrected chi connectivity index (χ0v) is 7.83. The van der Waals surface area contributed by atoms with E-state index in [1.165, 1.54) is 12.8 Å². The lowest BCUT2D eigenvalue weighted by molar-refractivity contribution is -0.146. The third-order valence-electron chi connectivity index (χ3n) is 3.60. The van der Waals surface area contributed by atoms with Crippen LogP contribution in [0, 0.1) is 17.8 Å². The quantitative estimate of drug-likeness (QED) is 0.640. The molecule has 2 aliphatic rings. The Kier molecular flexibility index (Phi) is 2.54. The molecule has 1 saturated heterocycles. The summed E-state index contributed by atoms with van der Waals surface area (Å²) in [6.45, 7) is 2.00. The molecule has 3 atom stereocenters. The lowest BCUT2D eigenvalue weighted by Gasteiger charge is -2.39. The molecule has 0 amide bonds. The Bertz CT molecular complexity index is 203. The van der Waals surface area contributed by atoms with Crippen molar-refractivity contribution in [2.75, 3.05) is 13.1 Å². The topological polar surface area (TPSA) is 49.3 Å². The molecule has 2 rings (SSSR count). The predicted molar refractivity (Wildman–Crippen MR) is 49.4 cm³/mol. The largest absolute Gasteiger partial charge is 0.481 e. The van der Waals surface area contributed by atoms with E-state index in [2.05, 4.69) is 5.32 Å². The molecule has 0 bridgehead atoms. The average Bonchev–Trinajstić information content (AvgIpc) is 2.17. The predicted octanol–water partition coefficient (Wildman–Crippen LogP) is 1.10. The van der Waals surface area contributed by atoms with Crippen molar-refractivity contribution in [3.63, 3.8) is 0 Å². The Morgan fingerprint density at radius 2 is 2.15 bits per heavy atom. The van der Waals surface area contributed by atoms with Gasteiger partial charge in [0.05, 0.1) is 5.92 Å². The Morgan fingerprint density at radius 1 is 1.31 bits per heavy atom. The van der Waals surface area contributed by atoms with Crippen LogP contribution in [0.25, 0.3) is 0 Å². The average molecular weight is 183 g/mol. The number of carboxylic acids is 1. The van der Waals surface area contributed by atoms with Gasteiger partial charge in [-0.1, -0.05) is 12.8 Å². The number of carbonyl (C=O) groups is 1. The molecule has 0 spiro atoms. The van der Waals surface area contributed by atoms with Crippen LogP contribution in [0.1, 0.15) is 25.7 Å². The summed E-state index contributed by atoms with van der Waals surface area (Å²) in [6.07, 6.45) is 4.42. The van der Waals surface area contributed by atoms with E-state index in [0.29, 0.717) is 11.8 Å². The fourth-order valence-corrected chi connectivity index (χ4v) is 2.89. The van der Waals surface area contributed by atoms with Crippen LogP contribution in [0.2, 0.25) is 0 Å². The first kappa shape index (κ1) is 9.00. The van der Waals surface area contributed by atoms with Crippen molar-refractivity contribution < 1.29 is 9.90 Å². The summed E-state index contributed by atoms with van der Waals surface area (Å²) in [7, 11) is 0. The normalized spacial score (nSPS) is 39.5. The summed E-state index contributed by atoms with van der Waals surface area (Å²) in [5.41, 5.74) is 0. The van der Waals surface area contributed by atoms with E-state index in [4.69, 9.17) is 5.11 Å². The molecule has 0 aromatic carbocycles. The number of piperidine rings is 1. The highest BCUT2D eigenvalue weighted by Crippen LogP contribution is 2.37. The first-order valence-electron chi connectivity index (χ1n) is 5.22. The lowest BCUT2D eigenvalue weighted by atomic mass is 9.69. The van der Waals surface area contributed by atoms with E-state index in [0.717, 1.165) is 25.9 Å². The third kappa shape index (κ3) is 1.70. The van der Waals surface area contributed by atoms with Crippen molar-refractivity contribution in [3.8, 4) is 0 Å². The molecule has 74 valence electrons. The summed E-state index contributed by atoms with van der Waals surface area (Å²) < 4.78 is 0. The second-order valence-electron chi connectivity index (χ2n) is 4.29. The highest BCUT2D eigenvalue weighted by Gasteiger charge is 2.38. The van der Waals surface area contributed by atoms with Gasteiger partial charge in [-0.05, 0) is 37.8 Å². The van der Waals surface area contributed by atoms with E-state index in [9.17, 15) is 4.79 Å². The molecule has 1 aliphatic carbocycles. The first-order valence-corrected chi connectivity index (χ1v) is 5.22. The molecular formula is C10H17NO2. The summed E-state index contributed by atoms with van der Waals surface area (Å²) in [5, 5.41) is 12.4. The summed E-state index contributed by atoms with van der Waals surface area (Å²) in [6, 6.07) is 0. The molecule has 1 aliphatic heterocycles. The monoisotopic (exact) mass is 183 g/mol. The number of aliphatic carboxylic acids is 1. The molecular weight excluding hydrogens is 166 g/mol. The Balaban J connectivity index is 2.06. The van der Waals surface area contributed by atoms with Crippen LogP contribution in [-0.2, 0) is 4.79 Å². The summed E-state index contributed by atoms with van der Waals surface area (Å²) >= 11 is 0. The van der Waals surface area contributed by atoms with Crippen LogP contribution in [-0.4, -0.2) is 24.2 Å². The van der Waals surface area contributed by atoms with Crippen molar-refractivity contribution in [3.05, 3.63) is 0 Å². The van der Waals surface area contributed by atoms with Crippen LogP contribution >= 0.6 is 0 Å². The molecule has 1 unspecified atom stereocenters. The van der Waals surface area contributed by atoms with Crippen molar-refractivity contribution >= 4 is 5.97 Å². The minimum atomic E-state index is -0.585. The van der Waals surface area contributed by atoms with Gasteiger partial charge in [0.25, 0.3) is 0 Å². The minimum absolute atomic E-state index is 0.0773. The van der Waals surface area contributed by atoms with Gasteiger partial charge in [-0.15, -0.1) is 0 Å². The summed E-state index contributed by atoms with van der Waals surface area (Å²) in [5.74, 6) is 0.418. The second-order valence-corrected chi connectivity index (χ2v) is 4.29. The van der Waals surface area contributed by atoms with Gasteiger partial charge in [-0.25, -0.2) is 0 Å². The van der Waals surface area contributed by atoms with Crippen LogP contribution in [0.5, 0.6) is 0 Å². The molecule has 1 saturated carbocycles. The number of rotatable bonds is 1. The highest BCUT2D eigenvalue weighted by atomic mass is 16.4. The molecule has 0 aromatic heterocycles. The van der Waals surface area contributed by atoms with Gasteiger partial charge in [-0.3, -0.25) is 4.79 Å². The van der Waals surface area contributed by atoms with E-state index < -0.39 is 5.97 Å². The number of fused-ring (bicyclic) bond motifs is 1. The number of carboxylic acid groups (broad SMARTS) is 1. The van der Waals surface area contributed by atoms with E-state index in [1.54, 1.807) is 0 Å². The smallest absolute Gasteiger partial charge is 0.306 e. The maximum absolute atomic E-state index is 11.0. The van der Waals surface area contributed by atoms with Crippen molar-refractivity contribution in [2.24, 2.45) is 17.8 Å². The van der Waals surface area contributed by atoms with E-state index in [-0.39, 0.29) is 5.92 Å². The van der Waals surface area contributed by atoms with Gasteiger partial charge in [-0.2, -0.15) is 0 Å². The molecule has 0 radical (unpaired) electrons.